The molecule has 0 amide bonds. The monoisotopic (exact) mass is 356 g/mol. The van der Waals surface area contributed by atoms with E-state index in [0.717, 1.165) is 37.6 Å². The van der Waals surface area contributed by atoms with E-state index in [2.05, 4.69) is 44.8 Å². The molecule has 0 bridgehead atoms. The van der Waals surface area contributed by atoms with Crippen LogP contribution in [-0.4, -0.2) is 36.7 Å². The molecule has 6 heteroatoms. The van der Waals surface area contributed by atoms with Crippen molar-refractivity contribution in [3.8, 4) is 5.75 Å². The lowest BCUT2D eigenvalue weighted by Gasteiger charge is -2.20. The van der Waals surface area contributed by atoms with Crippen LogP contribution in [0.1, 0.15) is 18.9 Å². The standard InChI is InChI=1S/C20H25FN4O/c1-2-22-20(23-13-15-8-9-19(26)18(21)12-15)24-16-10-11-25(14-16)17-6-4-3-5-7-17/h3-9,12,16,26H,2,10-11,13-14H2,1H3,(H2,22,23,24). The molecule has 3 N–H and O–H groups in total. The molecule has 1 saturated heterocycles. The van der Waals surface area contributed by atoms with Crippen LogP contribution < -0.4 is 15.5 Å². The van der Waals surface area contributed by atoms with E-state index in [1.807, 2.05) is 13.0 Å². The SMILES string of the molecule is CCNC(=NCc1ccc(O)c(F)c1)NC1CCN(c2ccccc2)C1. The highest BCUT2D eigenvalue weighted by molar-refractivity contribution is 5.80. The van der Waals surface area contributed by atoms with Gasteiger partial charge in [-0.2, -0.15) is 0 Å². The van der Waals surface area contributed by atoms with E-state index in [9.17, 15) is 9.50 Å². The van der Waals surface area contributed by atoms with Gasteiger partial charge in [0.25, 0.3) is 0 Å². The number of phenolic OH excluding ortho intramolecular Hbond substituents is 1. The van der Waals surface area contributed by atoms with Gasteiger partial charge in [0.15, 0.2) is 17.5 Å². The van der Waals surface area contributed by atoms with Crippen molar-refractivity contribution in [2.45, 2.75) is 25.9 Å². The molecule has 2 aromatic carbocycles. The first-order valence-corrected chi connectivity index (χ1v) is 8.98. The maximum atomic E-state index is 13.4. The molecule has 3 rings (SSSR count). The van der Waals surface area contributed by atoms with E-state index >= 15 is 0 Å². The molecule has 1 unspecified atom stereocenters. The predicted octanol–water partition coefficient (Wildman–Crippen LogP) is 2.87. The summed E-state index contributed by atoms with van der Waals surface area (Å²) in [5.41, 5.74) is 1.95. The predicted molar refractivity (Wildman–Crippen MR) is 103 cm³/mol. The zero-order valence-corrected chi connectivity index (χ0v) is 15.0. The molecule has 138 valence electrons. The average Bonchev–Trinajstić information content (AvgIpc) is 3.12. The van der Waals surface area contributed by atoms with Crippen molar-refractivity contribution >= 4 is 11.6 Å². The number of hydrogen-bond acceptors (Lipinski definition) is 3. The molecule has 0 spiro atoms. The lowest BCUT2D eigenvalue weighted by atomic mass is 10.2. The highest BCUT2D eigenvalue weighted by Gasteiger charge is 2.23. The molecule has 1 aliphatic heterocycles. The number of aliphatic imine (C=N–C) groups is 1. The number of anilines is 1. The number of aromatic hydroxyl groups is 1. The van der Waals surface area contributed by atoms with Crippen LogP contribution in [0.2, 0.25) is 0 Å². The summed E-state index contributed by atoms with van der Waals surface area (Å²) in [4.78, 5) is 6.90. The number of para-hydroxylation sites is 1. The normalized spacial score (nSPS) is 17.4. The second-order valence-electron chi connectivity index (χ2n) is 6.39. The van der Waals surface area contributed by atoms with Gasteiger partial charge < -0.3 is 20.6 Å². The molecular formula is C20H25FN4O. The Morgan fingerprint density at radius 3 is 2.81 bits per heavy atom. The molecule has 1 aliphatic rings. The van der Waals surface area contributed by atoms with Gasteiger partial charge in [0.2, 0.25) is 0 Å². The van der Waals surface area contributed by atoms with Crippen LogP contribution >= 0.6 is 0 Å². The third-order valence-corrected chi connectivity index (χ3v) is 4.43. The summed E-state index contributed by atoms with van der Waals surface area (Å²) < 4.78 is 13.4. The van der Waals surface area contributed by atoms with Crippen molar-refractivity contribution < 1.29 is 9.50 Å². The average molecular weight is 356 g/mol. The van der Waals surface area contributed by atoms with Gasteiger partial charge in [0, 0.05) is 31.4 Å². The summed E-state index contributed by atoms with van der Waals surface area (Å²) in [5.74, 6) is -0.236. The van der Waals surface area contributed by atoms with E-state index in [1.165, 1.54) is 17.8 Å². The highest BCUT2D eigenvalue weighted by Crippen LogP contribution is 2.20. The Labute approximate surface area is 153 Å². The summed E-state index contributed by atoms with van der Waals surface area (Å²) in [5, 5.41) is 16.0. The smallest absolute Gasteiger partial charge is 0.191 e. The molecule has 1 fully saturated rings. The van der Waals surface area contributed by atoms with Crippen LogP contribution in [0.3, 0.4) is 0 Å². The lowest BCUT2D eigenvalue weighted by molar-refractivity contribution is 0.432. The molecular weight excluding hydrogens is 331 g/mol. The van der Waals surface area contributed by atoms with Gasteiger partial charge in [0.05, 0.1) is 6.54 Å². The Kier molecular flexibility index (Phi) is 5.94. The van der Waals surface area contributed by atoms with Crippen molar-refractivity contribution in [3.05, 3.63) is 59.9 Å². The Balaban J connectivity index is 1.60. The minimum Gasteiger partial charge on any atom is -0.505 e. The first-order valence-electron chi connectivity index (χ1n) is 8.98. The van der Waals surface area contributed by atoms with E-state index in [1.54, 1.807) is 6.07 Å². The fraction of sp³-hybridized carbons (Fsp3) is 0.350. The summed E-state index contributed by atoms with van der Waals surface area (Å²) in [6.07, 6.45) is 1.03. The molecule has 2 aromatic rings. The largest absolute Gasteiger partial charge is 0.505 e. The van der Waals surface area contributed by atoms with E-state index < -0.39 is 5.82 Å². The van der Waals surface area contributed by atoms with Crippen molar-refractivity contribution in [2.24, 2.45) is 4.99 Å². The minimum atomic E-state index is -0.620. The minimum absolute atomic E-state index is 0.310. The number of benzene rings is 2. The third-order valence-electron chi connectivity index (χ3n) is 4.43. The number of guanidine groups is 1. The molecule has 1 atom stereocenters. The number of hydrogen-bond donors (Lipinski definition) is 3. The Hall–Kier alpha value is -2.76. The maximum absolute atomic E-state index is 13.4. The first kappa shape index (κ1) is 18.0. The highest BCUT2D eigenvalue weighted by atomic mass is 19.1. The number of phenols is 1. The summed E-state index contributed by atoms with van der Waals surface area (Å²) in [7, 11) is 0. The van der Waals surface area contributed by atoms with Gasteiger partial charge in [-0.15, -0.1) is 0 Å². The van der Waals surface area contributed by atoms with Crippen LogP contribution in [0.4, 0.5) is 10.1 Å². The molecule has 0 radical (unpaired) electrons. The van der Waals surface area contributed by atoms with Gasteiger partial charge in [-0.1, -0.05) is 24.3 Å². The third kappa shape index (κ3) is 4.65. The quantitative estimate of drug-likeness (QED) is 0.570. The second-order valence-corrected chi connectivity index (χ2v) is 6.39. The van der Waals surface area contributed by atoms with Gasteiger partial charge in [-0.25, -0.2) is 9.38 Å². The van der Waals surface area contributed by atoms with Gasteiger partial charge in [0.1, 0.15) is 0 Å². The van der Waals surface area contributed by atoms with Gasteiger partial charge in [-0.05, 0) is 43.2 Å². The zero-order valence-electron chi connectivity index (χ0n) is 15.0. The van der Waals surface area contributed by atoms with E-state index in [0.29, 0.717) is 12.6 Å². The molecule has 0 aliphatic carbocycles. The number of nitrogens with zero attached hydrogens (tertiary/aromatic N) is 2. The molecule has 0 aromatic heterocycles. The molecule has 5 nitrogen and oxygen atoms in total. The first-order chi connectivity index (χ1) is 12.7. The van der Waals surface area contributed by atoms with Crippen LogP contribution in [-0.2, 0) is 6.54 Å². The Morgan fingerprint density at radius 1 is 1.27 bits per heavy atom. The zero-order chi connectivity index (χ0) is 18.4. The lowest BCUT2D eigenvalue weighted by Crippen LogP contribution is -2.44. The number of rotatable bonds is 5. The molecule has 0 saturated carbocycles. The van der Waals surface area contributed by atoms with Crippen molar-refractivity contribution in [2.75, 3.05) is 24.5 Å². The van der Waals surface area contributed by atoms with Crippen LogP contribution in [0.25, 0.3) is 0 Å². The Bertz CT molecular complexity index is 751. The fourth-order valence-corrected chi connectivity index (χ4v) is 3.08. The second kappa shape index (κ2) is 8.56. The van der Waals surface area contributed by atoms with Gasteiger partial charge >= 0.3 is 0 Å². The molecule has 1 heterocycles. The van der Waals surface area contributed by atoms with Crippen LogP contribution in [0.5, 0.6) is 5.75 Å². The van der Waals surface area contributed by atoms with Crippen LogP contribution in [0.15, 0.2) is 53.5 Å². The van der Waals surface area contributed by atoms with Crippen molar-refractivity contribution in [1.29, 1.82) is 0 Å². The van der Waals surface area contributed by atoms with Crippen molar-refractivity contribution in [1.82, 2.24) is 10.6 Å². The fourth-order valence-electron chi connectivity index (χ4n) is 3.08. The number of nitrogens with one attached hydrogen (secondary N) is 2. The van der Waals surface area contributed by atoms with Crippen molar-refractivity contribution in [3.63, 3.8) is 0 Å². The Morgan fingerprint density at radius 2 is 2.08 bits per heavy atom. The van der Waals surface area contributed by atoms with Gasteiger partial charge in [-0.3, -0.25) is 0 Å². The van der Waals surface area contributed by atoms with Crippen LogP contribution in [0, 0.1) is 5.82 Å². The van der Waals surface area contributed by atoms with E-state index in [4.69, 9.17) is 0 Å². The number of halogens is 1. The summed E-state index contributed by atoms with van der Waals surface area (Å²) >= 11 is 0. The molecule has 26 heavy (non-hydrogen) atoms. The summed E-state index contributed by atoms with van der Waals surface area (Å²) in [6.45, 7) is 5.04. The van der Waals surface area contributed by atoms with E-state index in [-0.39, 0.29) is 5.75 Å². The topological polar surface area (TPSA) is 59.9 Å². The summed E-state index contributed by atoms with van der Waals surface area (Å²) in [6, 6.07) is 15.0. The maximum Gasteiger partial charge on any atom is 0.191 e.